The van der Waals surface area contributed by atoms with E-state index in [1.54, 1.807) is 18.2 Å². The van der Waals surface area contributed by atoms with Crippen molar-refractivity contribution in [1.82, 2.24) is 15.2 Å². The van der Waals surface area contributed by atoms with Crippen molar-refractivity contribution in [1.29, 1.82) is 0 Å². The maximum absolute atomic E-state index is 11.4. The van der Waals surface area contributed by atoms with Crippen molar-refractivity contribution in [2.45, 2.75) is 25.8 Å². The van der Waals surface area contributed by atoms with Gasteiger partial charge in [0.15, 0.2) is 5.82 Å². The molecule has 0 saturated heterocycles. The third-order valence-corrected chi connectivity index (χ3v) is 4.16. The molecule has 1 heterocycles. The maximum atomic E-state index is 11.4. The van der Waals surface area contributed by atoms with Gasteiger partial charge in [-0.3, -0.25) is 9.89 Å². The monoisotopic (exact) mass is 365 g/mol. The van der Waals surface area contributed by atoms with Gasteiger partial charge in [0.2, 0.25) is 0 Å². The summed E-state index contributed by atoms with van der Waals surface area (Å²) in [6.45, 7) is 2.65. The van der Waals surface area contributed by atoms with Crippen LogP contribution in [0.2, 0.25) is 0 Å². The zero-order chi connectivity index (χ0) is 19.1. The number of primary amides is 1. The van der Waals surface area contributed by atoms with Gasteiger partial charge in [-0.05, 0) is 44.0 Å². The number of ether oxygens (including phenoxy) is 1. The highest BCUT2D eigenvalue weighted by Gasteiger charge is 2.09. The molecule has 1 aromatic heterocycles. The molecule has 0 aliphatic rings. The number of anilines is 1. The van der Waals surface area contributed by atoms with Crippen LogP contribution < -0.4 is 15.8 Å². The van der Waals surface area contributed by atoms with Gasteiger partial charge in [-0.1, -0.05) is 24.3 Å². The first-order valence-electron chi connectivity index (χ1n) is 8.87. The Kier molecular flexibility index (Phi) is 6.04. The second kappa shape index (κ2) is 8.84. The number of nitrogens with two attached hydrogens (primary N) is 1. The summed E-state index contributed by atoms with van der Waals surface area (Å²) >= 11 is 0. The zero-order valence-corrected chi connectivity index (χ0v) is 15.2. The lowest BCUT2D eigenvalue weighted by molar-refractivity contribution is 0.0996. The van der Waals surface area contributed by atoms with E-state index < -0.39 is 5.91 Å². The Hall–Kier alpha value is -3.35. The fraction of sp³-hybridized carbons (Fsp3) is 0.250. The number of carbonyl (C=O) groups is 1. The molecule has 4 N–H and O–H groups in total. The van der Waals surface area contributed by atoms with Gasteiger partial charge in [0.1, 0.15) is 12.1 Å². The Morgan fingerprint density at radius 1 is 1.26 bits per heavy atom. The average molecular weight is 365 g/mol. The van der Waals surface area contributed by atoms with Gasteiger partial charge in [0.25, 0.3) is 5.91 Å². The van der Waals surface area contributed by atoms with Crippen molar-refractivity contribution in [2.75, 3.05) is 11.9 Å². The van der Waals surface area contributed by atoms with Crippen LogP contribution in [0.5, 0.6) is 5.75 Å². The smallest absolute Gasteiger partial charge is 0.252 e. The van der Waals surface area contributed by atoms with Crippen LogP contribution >= 0.6 is 0 Å². The van der Waals surface area contributed by atoms with Crippen LogP contribution in [0.25, 0.3) is 11.4 Å². The predicted octanol–water partition coefficient (Wildman–Crippen LogP) is 3.23. The molecule has 0 unspecified atom stereocenters. The predicted molar refractivity (Wildman–Crippen MR) is 105 cm³/mol. The number of H-pyrrole nitrogens is 1. The molecule has 1 atom stereocenters. The lowest BCUT2D eigenvalue weighted by atomic mass is 10.1. The highest BCUT2D eigenvalue weighted by Crippen LogP contribution is 2.20. The van der Waals surface area contributed by atoms with E-state index in [-0.39, 0.29) is 6.04 Å². The van der Waals surface area contributed by atoms with Crippen LogP contribution in [0, 0.1) is 0 Å². The molecule has 140 valence electrons. The van der Waals surface area contributed by atoms with Crippen LogP contribution in [0.3, 0.4) is 0 Å². The number of carbonyl (C=O) groups excluding carboxylic acids is 1. The summed E-state index contributed by atoms with van der Waals surface area (Å²) in [5, 5.41) is 10.2. The SMILES string of the molecule is C[C@H](CCCOc1ccccc1C(N)=O)Nc1cccc(-c2ncn[nH]2)c1. The number of rotatable bonds is 9. The van der Waals surface area contributed by atoms with E-state index >= 15 is 0 Å². The van der Waals surface area contributed by atoms with E-state index in [9.17, 15) is 4.79 Å². The van der Waals surface area contributed by atoms with Crippen LogP contribution in [0.1, 0.15) is 30.1 Å². The lowest BCUT2D eigenvalue weighted by Gasteiger charge is -2.16. The summed E-state index contributed by atoms with van der Waals surface area (Å²) in [4.78, 5) is 15.6. The second-order valence-corrected chi connectivity index (χ2v) is 6.31. The summed E-state index contributed by atoms with van der Waals surface area (Å²) < 4.78 is 5.72. The Morgan fingerprint density at radius 3 is 2.89 bits per heavy atom. The van der Waals surface area contributed by atoms with Crippen molar-refractivity contribution >= 4 is 11.6 Å². The Balaban J connectivity index is 1.47. The molecule has 0 bridgehead atoms. The Labute approximate surface area is 158 Å². The van der Waals surface area contributed by atoms with Crippen LogP contribution in [-0.2, 0) is 0 Å². The third kappa shape index (κ3) is 5.07. The Morgan fingerprint density at radius 2 is 2.11 bits per heavy atom. The first-order valence-corrected chi connectivity index (χ1v) is 8.87. The van der Waals surface area contributed by atoms with E-state index in [1.165, 1.54) is 6.33 Å². The number of nitrogens with zero attached hydrogens (tertiary/aromatic N) is 2. The molecule has 27 heavy (non-hydrogen) atoms. The zero-order valence-electron chi connectivity index (χ0n) is 15.2. The van der Waals surface area contributed by atoms with E-state index in [2.05, 4.69) is 27.4 Å². The number of para-hydroxylation sites is 1. The molecule has 0 aliphatic heterocycles. The minimum Gasteiger partial charge on any atom is -0.493 e. The van der Waals surface area contributed by atoms with Crippen molar-refractivity contribution in [3.8, 4) is 17.1 Å². The fourth-order valence-corrected chi connectivity index (χ4v) is 2.83. The average Bonchev–Trinajstić information content (AvgIpc) is 3.20. The van der Waals surface area contributed by atoms with Gasteiger partial charge in [-0.15, -0.1) is 0 Å². The van der Waals surface area contributed by atoms with Crippen LogP contribution in [0.15, 0.2) is 54.9 Å². The summed E-state index contributed by atoms with van der Waals surface area (Å²) in [5.41, 5.74) is 7.78. The fourth-order valence-electron chi connectivity index (χ4n) is 2.83. The molecule has 0 saturated carbocycles. The quantitative estimate of drug-likeness (QED) is 0.505. The van der Waals surface area contributed by atoms with Crippen molar-refractivity contribution in [3.05, 3.63) is 60.4 Å². The van der Waals surface area contributed by atoms with Gasteiger partial charge < -0.3 is 15.8 Å². The normalized spacial score (nSPS) is 11.7. The van der Waals surface area contributed by atoms with E-state index in [0.29, 0.717) is 17.9 Å². The third-order valence-electron chi connectivity index (χ3n) is 4.16. The molecule has 0 radical (unpaired) electrons. The largest absolute Gasteiger partial charge is 0.493 e. The van der Waals surface area contributed by atoms with Gasteiger partial charge in [-0.25, -0.2) is 4.98 Å². The molecular weight excluding hydrogens is 342 g/mol. The summed E-state index contributed by atoms with van der Waals surface area (Å²) in [7, 11) is 0. The van der Waals surface area contributed by atoms with Crippen molar-refractivity contribution in [3.63, 3.8) is 0 Å². The number of amides is 1. The van der Waals surface area contributed by atoms with E-state index in [4.69, 9.17) is 10.5 Å². The second-order valence-electron chi connectivity index (χ2n) is 6.31. The number of aromatic amines is 1. The number of aromatic nitrogens is 3. The topological polar surface area (TPSA) is 106 Å². The van der Waals surface area contributed by atoms with Crippen molar-refractivity contribution < 1.29 is 9.53 Å². The highest BCUT2D eigenvalue weighted by molar-refractivity contribution is 5.95. The summed E-state index contributed by atoms with van der Waals surface area (Å²) in [6, 6.07) is 15.3. The molecule has 7 heteroatoms. The molecular formula is C20H23N5O2. The molecule has 3 rings (SSSR count). The standard InChI is InChI=1S/C20H23N5O2/c1-14(6-5-11-27-18-10-3-2-9-17(18)19(21)26)24-16-8-4-7-15(12-16)20-22-13-23-25-20/h2-4,7-10,12-14,24H,5-6,11H2,1H3,(H2,21,26)(H,22,23,25)/t14-/m1/s1. The maximum Gasteiger partial charge on any atom is 0.252 e. The first-order chi connectivity index (χ1) is 13.1. The molecule has 2 aromatic carbocycles. The van der Waals surface area contributed by atoms with E-state index in [1.807, 2.05) is 30.3 Å². The molecule has 0 aliphatic carbocycles. The molecule has 0 fully saturated rings. The van der Waals surface area contributed by atoms with Crippen LogP contribution in [-0.4, -0.2) is 33.7 Å². The van der Waals surface area contributed by atoms with Gasteiger partial charge >= 0.3 is 0 Å². The van der Waals surface area contributed by atoms with Gasteiger partial charge in [0.05, 0.1) is 12.2 Å². The van der Waals surface area contributed by atoms with Crippen LogP contribution in [0.4, 0.5) is 5.69 Å². The minimum atomic E-state index is -0.479. The first kappa shape index (κ1) is 18.4. The number of nitrogens with one attached hydrogen (secondary N) is 2. The van der Waals surface area contributed by atoms with Gasteiger partial charge in [0, 0.05) is 17.3 Å². The summed E-state index contributed by atoms with van der Waals surface area (Å²) in [5.74, 6) is 0.797. The van der Waals surface area contributed by atoms with Crippen molar-refractivity contribution in [2.24, 2.45) is 5.73 Å². The number of hydrogen-bond acceptors (Lipinski definition) is 5. The number of benzene rings is 2. The lowest BCUT2D eigenvalue weighted by Crippen LogP contribution is -2.17. The van der Waals surface area contributed by atoms with Gasteiger partial charge in [-0.2, -0.15) is 5.10 Å². The minimum absolute atomic E-state index is 0.268. The Bertz CT molecular complexity index is 880. The molecule has 0 spiro atoms. The van der Waals surface area contributed by atoms with E-state index in [0.717, 1.165) is 29.9 Å². The molecule has 7 nitrogen and oxygen atoms in total. The highest BCUT2D eigenvalue weighted by atomic mass is 16.5. The molecule has 1 amide bonds. The summed E-state index contributed by atoms with van der Waals surface area (Å²) in [6.07, 6.45) is 3.27. The molecule has 3 aromatic rings. The number of hydrogen-bond donors (Lipinski definition) is 3.